The minimum atomic E-state index is -0.404. The van der Waals surface area contributed by atoms with Crippen molar-refractivity contribution in [2.24, 2.45) is 0 Å². The summed E-state index contributed by atoms with van der Waals surface area (Å²) in [6.45, 7) is 3.82. The van der Waals surface area contributed by atoms with Gasteiger partial charge in [0, 0.05) is 17.8 Å². The molecular weight excluding hydrogens is 360 g/mol. The molecule has 7 heteroatoms. The van der Waals surface area contributed by atoms with Crippen LogP contribution in [0.25, 0.3) is 5.69 Å². The summed E-state index contributed by atoms with van der Waals surface area (Å²) in [5, 5.41) is 3.18. The van der Waals surface area contributed by atoms with Crippen LogP contribution < -0.4 is 16.6 Å². The van der Waals surface area contributed by atoms with E-state index in [1.54, 1.807) is 4.57 Å². The fraction of sp³-hybridized carbons (Fsp3) is 0.450. The number of anilines is 1. The second-order valence-electron chi connectivity index (χ2n) is 7.08. The van der Waals surface area contributed by atoms with E-state index in [1.807, 2.05) is 38.1 Å². The molecule has 1 atom stereocenters. The highest BCUT2D eigenvalue weighted by atomic mass is 32.2. The molecule has 1 aliphatic carbocycles. The average Bonchev–Trinajstić information content (AvgIpc) is 2.62. The molecule has 0 bridgehead atoms. The van der Waals surface area contributed by atoms with Gasteiger partial charge in [0.1, 0.15) is 5.82 Å². The minimum Gasteiger partial charge on any atom is -0.385 e. The van der Waals surface area contributed by atoms with Crippen molar-refractivity contribution in [3.05, 3.63) is 46.2 Å². The van der Waals surface area contributed by atoms with E-state index in [4.69, 9.17) is 5.73 Å². The number of thioether (sulfide) groups is 1. The van der Waals surface area contributed by atoms with E-state index in [1.165, 1.54) is 24.2 Å². The molecule has 0 unspecified atom stereocenters. The number of rotatable bonds is 5. The molecular formula is C20H26N4O2S. The van der Waals surface area contributed by atoms with Gasteiger partial charge in [-0.1, -0.05) is 43.2 Å². The molecule has 1 heterocycles. The Balaban J connectivity index is 1.83. The van der Waals surface area contributed by atoms with Crippen molar-refractivity contribution in [2.75, 3.05) is 5.73 Å². The Bertz CT molecular complexity index is 875. The first kappa shape index (κ1) is 19.5. The van der Waals surface area contributed by atoms with Gasteiger partial charge in [-0.3, -0.25) is 14.2 Å². The smallest absolute Gasteiger partial charge is 0.275 e. The van der Waals surface area contributed by atoms with Gasteiger partial charge >= 0.3 is 0 Å². The molecule has 27 heavy (non-hydrogen) atoms. The van der Waals surface area contributed by atoms with E-state index in [-0.39, 0.29) is 17.2 Å². The van der Waals surface area contributed by atoms with Crippen LogP contribution in [0.5, 0.6) is 0 Å². The van der Waals surface area contributed by atoms with Crippen LogP contribution in [0.4, 0.5) is 5.82 Å². The molecule has 144 valence electrons. The summed E-state index contributed by atoms with van der Waals surface area (Å²) in [5.41, 5.74) is 7.61. The number of carbonyl (C=O) groups excluding carboxylic acids is 1. The standard InChI is InChI=1S/C20H26N4O2S/c1-13-7-6-10-16(11-13)24-17(21)12-18(25)23-20(24)27-14(2)19(26)22-15-8-4-3-5-9-15/h6-7,10-12,14-15H,3-5,8-9,21H2,1-2H3,(H,22,26)/t14-/m0/s1. The predicted octanol–water partition coefficient (Wildman–Crippen LogP) is 3.05. The summed E-state index contributed by atoms with van der Waals surface area (Å²) in [5.74, 6) is 0.280. The molecule has 1 amide bonds. The van der Waals surface area contributed by atoms with Crippen molar-refractivity contribution >= 4 is 23.5 Å². The van der Waals surface area contributed by atoms with Gasteiger partial charge in [0.05, 0.1) is 5.25 Å². The van der Waals surface area contributed by atoms with Gasteiger partial charge < -0.3 is 11.1 Å². The van der Waals surface area contributed by atoms with Gasteiger partial charge in [0.25, 0.3) is 5.56 Å². The number of hydrogen-bond donors (Lipinski definition) is 2. The predicted molar refractivity (Wildman–Crippen MR) is 109 cm³/mol. The third-order valence-electron chi connectivity index (χ3n) is 4.79. The molecule has 1 aromatic carbocycles. The highest BCUT2D eigenvalue weighted by Crippen LogP contribution is 2.27. The van der Waals surface area contributed by atoms with E-state index in [0.717, 1.165) is 36.9 Å². The quantitative estimate of drug-likeness (QED) is 0.609. The van der Waals surface area contributed by atoms with Crippen LogP contribution >= 0.6 is 11.8 Å². The van der Waals surface area contributed by atoms with E-state index in [9.17, 15) is 9.59 Å². The summed E-state index contributed by atoms with van der Waals surface area (Å²) < 4.78 is 1.73. The second kappa shape index (κ2) is 8.61. The normalized spacial score (nSPS) is 16.1. The van der Waals surface area contributed by atoms with Gasteiger partial charge in [0.15, 0.2) is 5.16 Å². The zero-order valence-corrected chi connectivity index (χ0v) is 16.6. The summed E-state index contributed by atoms with van der Waals surface area (Å²) in [4.78, 5) is 28.6. The number of nitrogens with zero attached hydrogens (tertiary/aromatic N) is 2. The van der Waals surface area contributed by atoms with Gasteiger partial charge in [0.2, 0.25) is 5.91 Å². The monoisotopic (exact) mass is 386 g/mol. The first-order chi connectivity index (χ1) is 12.9. The van der Waals surface area contributed by atoms with Gasteiger partial charge in [-0.15, -0.1) is 0 Å². The molecule has 6 nitrogen and oxygen atoms in total. The molecule has 1 fully saturated rings. The molecule has 1 aliphatic rings. The third kappa shape index (κ3) is 4.91. The molecule has 0 radical (unpaired) electrons. The number of hydrogen-bond acceptors (Lipinski definition) is 5. The van der Waals surface area contributed by atoms with Crippen LogP contribution in [-0.2, 0) is 4.79 Å². The number of amides is 1. The van der Waals surface area contributed by atoms with E-state index in [0.29, 0.717) is 11.0 Å². The molecule has 1 aromatic heterocycles. The zero-order valence-electron chi connectivity index (χ0n) is 15.8. The Morgan fingerprint density at radius 3 is 2.74 bits per heavy atom. The molecule has 0 saturated heterocycles. The lowest BCUT2D eigenvalue weighted by Crippen LogP contribution is -2.40. The second-order valence-corrected chi connectivity index (χ2v) is 8.39. The Morgan fingerprint density at radius 1 is 1.30 bits per heavy atom. The first-order valence-corrected chi connectivity index (χ1v) is 10.3. The van der Waals surface area contributed by atoms with E-state index >= 15 is 0 Å². The van der Waals surface area contributed by atoms with Crippen molar-refractivity contribution in [2.45, 2.75) is 62.4 Å². The number of nitrogens with two attached hydrogens (primary N) is 1. The maximum atomic E-state index is 12.6. The largest absolute Gasteiger partial charge is 0.385 e. The summed E-state index contributed by atoms with van der Waals surface area (Å²) >= 11 is 1.26. The number of nitrogen functional groups attached to an aromatic ring is 1. The Labute approximate surface area is 163 Å². The Hall–Kier alpha value is -2.28. The van der Waals surface area contributed by atoms with Crippen molar-refractivity contribution in [1.82, 2.24) is 14.9 Å². The Morgan fingerprint density at radius 2 is 2.04 bits per heavy atom. The lowest BCUT2D eigenvalue weighted by Gasteiger charge is -2.24. The molecule has 3 N–H and O–H groups in total. The average molecular weight is 387 g/mol. The third-order valence-corrected chi connectivity index (χ3v) is 5.84. The molecule has 0 aliphatic heterocycles. The minimum absolute atomic E-state index is 0.0284. The SMILES string of the molecule is Cc1cccc(-n2c(N)cc(=O)nc2S[C@@H](C)C(=O)NC2CCCCC2)c1. The van der Waals surface area contributed by atoms with Gasteiger partial charge in [-0.25, -0.2) is 0 Å². The fourth-order valence-electron chi connectivity index (χ4n) is 3.36. The van der Waals surface area contributed by atoms with Crippen LogP contribution in [0.2, 0.25) is 0 Å². The lowest BCUT2D eigenvalue weighted by atomic mass is 9.95. The van der Waals surface area contributed by atoms with Crippen LogP contribution in [0.1, 0.15) is 44.6 Å². The van der Waals surface area contributed by atoms with Crippen LogP contribution in [0.15, 0.2) is 40.3 Å². The number of benzene rings is 1. The maximum Gasteiger partial charge on any atom is 0.275 e. The van der Waals surface area contributed by atoms with Gasteiger partial charge in [-0.05, 0) is 44.4 Å². The molecule has 2 aromatic rings. The van der Waals surface area contributed by atoms with E-state index < -0.39 is 5.56 Å². The highest BCUT2D eigenvalue weighted by Gasteiger charge is 2.22. The highest BCUT2D eigenvalue weighted by molar-refractivity contribution is 8.00. The van der Waals surface area contributed by atoms with Gasteiger partial charge in [-0.2, -0.15) is 4.98 Å². The maximum absolute atomic E-state index is 12.6. The number of carbonyl (C=O) groups is 1. The molecule has 3 rings (SSSR count). The lowest BCUT2D eigenvalue weighted by molar-refractivity contribution is -0.121. The summed E-state index contributed by atoms with van der Waals surface area (Å²) in [6, 6.07) is 9.35. The molecule has 0 spiro atoms. The van der Waals surface area contributed by atoms with Crippen LogP contribution in [-0.4, -0.2) is 26.8 Å². The number of nitrogens with one attached hydrogen (secondary N) is 1. The Kier molecular flexibility index (Phi) is 6.21. The van der Waals surface area contributed by atoms with Crippen molar-refractivity contribution in [3.63, 3.8) is 0 Å². The fourth-order valence-corrected chi connectivity index (χ4v) is 4.31. The van der Waals surface area contributed by atoms with Crippen LogP contribution in [0, 0.1) is 6.92 Å². The number of aromatic nitrogens is 2. The van der Waals surface area contributed by atoms with Crippen molar-refractivity contribution in [1.29, 1.82) is 0 Å². The first-order valence-electron chi connectivity index (χ1n) is 9.37. The van der Waals surface area contributed by atoms with Crippen molar-refractivity contribution in [3.8, 4) is 5.69 Å². The zero-order chi connectivity index (χ0) is 19.4. The van der Waals surface area contributed by atoms with E-state index in [2.05, 4.69) is 10.3 Å². The summed E-state index contributed by atoms with van der Waals surface area (Å²) in [7, 11) is 0. The number of aryl methyl sites for hydroxylation is 1. The topological polar surface area (TPSA) is 90.0 Å². The molecule has 1 saturated carbocycles. The van der Waals surface area contributed by atoms with Crippen molar-refractivity contribution < 1.29 is 4.79 Å². The summed E-state index contributed by atoms with van der Waals surface area (Å²) in [6.07, 6.45) is 5.64. The van der Waals surface area contributed by atoms with Crippen LogP contribution in [0.3, 0.4) is 0 Å².